The lowest BCUT2D eigenvalue weighted by atomic mass is 10.1. The van der Waals surface area contributed by atoms with Crippen molar-refractivity contribution in [2.75, 3.05) is 37.6 Å². The van der Waals surface area contributed by atoms with Crippen LogP contribution in [0.4, 0.5) is 9.52 Å². The summed E-state index contributed by atoms with van der Waals surface area (Å²) in [5.41, 5.74) is 8.12. The topological polar surface area (TPSA) is 73.5 Å². The van der Waals surface area contributed by atoms with Gasteiger partial charge in [-0.1, -0.05) is 0 Å². The molecular weight excluding hydrogens is 478 g/mol. The molecule has 1 fully saturated rings. The molecule has 27 heavy (non-hydrogen) atoms. The molecule has 0 bridgehead atoms. The lowest BCUT2D eigenvalue weighted by molar-refractivity contribution is 0.380. The van der Waals surface area contributed by atoms with E-state index >= 15 is 0 Å². The van der Waals surface area contributed by atoms with Crippen LogP contribution in [0.15, 0.2) is 41.0 Å². The number of H-pyrrole nitrogens is 1. The molecule has 4 rings (SSSR count). The number of piperazine rings is 1. The van der Waals surface area contributed by atoms with Gasteiger partial charge in [-0.3, -0.25) is 4.99 Å². The second kappa shape index (κ2) is 8.87. The summed E-state index contributed by atoms with van der Waals surface area (Å²) >= 11 is 1.66. The molecule has 0 atom stereocenters. The predicted molar refractivity (Wildman–Crippen MR) is 120 cm³/mol. The molecule has 1 aliphatic rings. The number of guanidine groups is 1. The first-order valence-corrected chi connectivity index (χ1v) is 9.53. The van der Waals surface area contributed by atoms with E-state index in [4.69, 9.17) is 5.73 Å². The molecule has 1 saturated heterocycles. The second-order valence-corrected chi connectivity index (χ2v) is 7.16. The number of halogens is 2. The largest absolute Gasteiger partial charge is 0.370 e. The molecule has 3 heterocycles. The summed E-state index contributed by atoms with van der Waals surface area (Å²) in [4.78, 5) is 16.4. The van der Waals surface area contributed by atoms with E-state index < -0.39 is 0 Å². The minimum Gasteiger partial charge on any atom is -0.370 e. The van der Waals surface area contributed by atoms with Gasteiger partial charge in [-0.25, -0.2) is 9.37 Å². The zero-order chi connectivity index (χ0) is 17.9. The van der Waals surface area contributed by atoms with Crippen molar-refractivity contribution in [3.05, 3.63) is 47.4 Å². The van der Waals surface area contributed by atoms with Crippen molar-refractivity contribution >= 4 is 57.3 Å². The molecule has 0 amide bonds. The standard InChI is InChI=1S/C18H21FN6S.HI/c19-14-1-2-15-13(12-23-16(15)11-14)3-4-21-17(20)24-6-8-25(9-7-24)18-22-5-10-26-18;/h1-2,5,10-12,23H,3-4,6-9H2,(H2,20,21);1H. The van der Waals surface area contributed by atoms with Crippen LogP contribution in [0.25, 0.3) is 10.9 Å². The highest BCUT2D eigenvalue weighted by molar-refractivity contribution is 14.0. The van der Waals surface area contributed by atoms with Gasteiger partial charge in [0.25, 0.3) is 0 Å². The summed E-state index contributed by atoms with van der Waals surface area (Å²) in [6, 6.07) is 4.80. The maximum atomic E-state index is 13.3. The van der Waals surface area contributed by atoms with Crippen molar-refractivity contribution in [1.29, 1.82) is 0 Å². The Kier molecular flexibility index (Phi) is 6.53. The number of fused-ring (bicyclic) bond motifs is 1. The Hall–Kier alpha value is -1.88. The van der Waals surface area contributed by atoms with E-state index in [2.05, 4.69) is 24.8 Å². The molecule has 0 saturated carbocycles. The number of anilines is 1. The fourth-order valence-corrected chi connectivity index (χ4v) is 3.95. The Morgan fingerprint density at radius 3 is 2.85 bits per heavy atom. The van der Waals surface area contributed by atoms with E-state index in [1.807, 2.05) is 17.8 Å². The van der Waals surface area contributed by atoms with Crippen LogP contribution < -0.4 is 10.6 Å². The molecule has 144 valence electrons. The number of aromatic nitrogens is 2. The van der Waals surface area contributed by atoms with Crippen molar-refractivity contribution < 1.29 is 4.39 Å². The average molecular weight is 500 g/mol. The fourth-order valence-electron chi connectivity index (χ4n) is 3.26. The summed E-state index contributed by atoms with van der Waals surface area (Å²) < 4.78 is 13.3. The molecule has 9 heteroatoms. The van der Waals surface area contributed by atoms with Crippen molar-refractivity contribution in [2.45, 2.75) is 6.42 Å². The lowest BCUT2D eigenvalue weighted by Crippen LogP contribution is -2.51. The monoisotopic (exact) mass is 500 g/mol. The number of nitrogens with one attached hydrogen (secondary N) is 1. The van der Waals surface area contributed by atoms with Crippen LogP contribution in [-0.2, 0) is 6.42 Å². The van der Waals surface area contributed by atoms with Crippen LogP contribution in [0.5, 0.6) is 0 Å². The van der Waals surface area contributed by atoms with Crippen molar-refractivity contribution in [1.82, 2.24) is 14.9 Å². The zero-order valence-corrected chi connectivity index (χ0v) is 17.9. The lowest BCUT2D eigenvalue weighted by Gasteiger charge is -2.35. The van der Waals surface area contributed by atoms with Gasteiger partial charge in [-0.05, 0) is 30.2 Å². The molecule has 0 spiro atoms. The molecule has 0 unspecified atom stereocenters. The fraction of sp³-hybridized carbons (Fsp3) is 0.333. The Bertz CT molecular complexity index is 902. The molecule has 6 nitrogen and oxygen atoms in total. The van der Waals surface area contributed by atoms with Crippen LogP contribution in [0.3, 0.4) is 0 Å². The van der Waals surface area contributed by atoms with Crippen LogP contribution in [0, 0.1) is 5.82 Å². The highest BCUT2D eigenvalue weighted by Crippen LogP contribution is 2.20. The van der Waals surface area contributed by atoms with Crippen LogP contribution in [0.2, 0.25) is 0 Å². The molecule has 1 aliphatic heterocycles. The number of rotatable bonds is 4. The molecule has 0 aliphatic carbocycles. The van der Waals surface area contributed by atoms with E-state index in [0.29, 0.717) is 12.5 Å². The quantitative estimate of drug-likeness (QED) is 0.328. The van der Waals surface area contributed by atoms with E-state index in [0.717, 1.165) is 54.2 Å². The predicted octanol–water partition coefficient (Wildman–Crippen LogP) is 3.06. The molecule has 3 aromatic rings. The maximum Gasteiger partial charge on any atom is 0.191 e. The minimum absolute atomic E-state index is 0. The van der Waals surface area contributed by atoms with Gasteiger partial charge in [0.05, 0.1) is 0 Å². The van der Waals surface area contributed by atoms with Gasteiger partial charge < -0.3 is 20.5 Å². The Morgan fingerprint density at radius 1 is 1.30 bits per heavy atom. The summed E-state index contributed by atoms with van der Waals surface area (Å²) in [5, 5.41) is 4.10. The average Bonchev–Trinajstić information content (AvgIpc) is 3.32. The van der Waals surface area contributed by atoms with Gasteiger partial charge >= 0.3 is 0 Å². The smallest absolute Gasteiger partial charge is 0.191 e. The van der Waals surface area contributed by atoms with Gasteiger partial charge in [0.1, 0.15) is 5.82 Å². The highest BCUT2D eigenvalue weighted by Gasteiger charge is 2.19. The third kappa shape index (κ3) is 4.52. The van der Waals surface area contributed by atoms with Gasteiger partial charge in [0.15, 0.2) is 11.1 Å². The second-order valence-electron chi connectivity index (χ2n) is 6.28. The summed E-state index contributed by atoms with van der Waals surface area (Å²) in [6.45, 7) is 4.11. The van der Waals surface area contributed by atoms with Crippen LogP contribution in [-0.4, -0.2) is 53.6 Å². The van der Waals surface area contributed by atoms with Gasteiger partial charge in [0.2, 0.25) is 0 Å². The van der Waals surface area contributed by atoms with Crippen LogP contribution >= 0.6 is 35.3 Å². The number of thiazole rings is 1. The maximum absolute atomic E-state index is 13.3. The van der Waals surface area contributed by atoms with Gasteiger partial charge in [0, 0.05) is 61.4 Å². The zero-order valence-electron chi connectivity index (χ0n) is 14.8. The third-order valence-electron chi connectivity index (χ3n) is 4.68. The van der Waals surface area contributed by atoms with Crippen molar-refractivity contribution in [3.8, 4) is 0 Å². The van der Waals surface area contributed by atoms with E-state index in [1.165, 1.54) is 12.1 Å². The van der Waals surface area contributed by atoms with Gasteiger partial charge in [-0.2, -0.15) is 0 Å². The molecule has 2 aromatic heterocycles. The summed E-state index contributed by atoms with van der Waals surface area (Å²) in [6.07, 6.45) is 4.52. The van der Waals surface area contributed by atoms with Crippen molar-refractivity contribution in [2.24, 2.45) is 10.7 Å². The normalized spacial score (nSPS) is 15.2. The molecule has 0 radical (unpaired) electrons. The first kappa shape index (κ1) is 19.9. The number of nitrogens with two attached hydrogens (primary N) is 1. The number of aliphatic imine (C=N–C) groups is 1. The molecule has 3 N–H and O–H groups in total. The number of aromatic amines is 1. The highest BCUT2D eigenvalue weighted by atomic mass is 127. The SMILES string of the molecule is I.NC(=NCCc1c[nH]c2cc(F)ccc12)N1CCN(c2nccs2)CC1. The van der Waals surface area contributed by atoms with Gasteiger partial charge in [-0.15, -0.1) is 35.3 Å². The van der Waals surface area contributed by atoms with Crippen LogP contribution in [0.1, 0.15) is 5.56 Å². The number of nitrogens with zero attached hydrogens (tertiary/aromatic N) is 4. The first-order chi connectivity index (χ1) is 12.7. The third-order valence-corrected chi connectivity index (χ3v) is 5.51. The van der Waals surface area contributed by atoms with E-state index in [-0.39, 0.29) is 29.8 Å². The molecular formula is C18H22FIN6S. The number of benzene rings is 1. The van der Waals surface area contributed by atoms with E-state index in [9.17, 15) is 4.39 Å². The molecule has 1 aromatic carbocycles. The number of hydrogen-bond acceptors (Lipinski definition) is 4. The Morgan fingerprint density at radius 2 is 2.11 bits per heavy atom. The summed E-state index contributed by atoms with van der Waals surface area (Å²) in [5.74, 6) is 0.361. The van der Waals surface area contributed by atoms with E-state index in [1.54, 1.807) is 17.4 Å². The Labute approximate surface area is 178 Å². The first-order valence-electron chi connectivity index (χ1n) is 8.65. The Balaban J connectivity index is 0.00000210. The van der Waals surface area contributed by atoms with Crippen molar-refractivity contribution in [3.63, 3.8) is 0 Å². The summed E-state index contributed by atoms with van der Waals surface area (Å²) in [7, 11) is 0. The minimum atomic E-state index is -0.231. The number of hydrogen-bond donors (Lipinski definition) is 2.